The highest BCUT2D eigenvalue weighted by Crippen LogP contribution is 2.14. The van der Waals surface area contributed by atoms with Gasteiger partial charge in [-0.3, -0.25) is 4.79 Å². The summed E-state index contributed by atoms with van der Waals surface area (Å²) in [6.45, 7) is 2.29. The molecule has 0 fully saturated rings. The molecule has 4 aromatic rings. The zero-order valence-electron chi connectivity index (χ0n) is 15.1. The smallest absolute Gasteiger partial charge is 0.273 e. The van der Waals surface area contributed by atoms with E-state index in [0.717, 1.165) is 16.9 Å². The molecule has 1 amide bonds. The molecule has 0 saturated heterocycles. The van der Waals surface area contributed by atoms with Crippen molar-refractivity contribution in [1.29, 1.82) is 0 Å². The Hall–Kier alpha value is -3.68. The number of aromatic nitrogens is 3. The third-order valence-corrected chi connectivity index (χ3v) is 4.12. The molecule has 4 rings (SSSR count). The maximum atomic E-state index is 12.9. The molecule has 0 atom stereocenters. The molecule has 0 aliphatic heterocycles. The van der Waals surface area contributed by atoms with Crippen LogP contribution in [0, 0.1) is 12.7 Å². The van der Waals surface area contributed by atoms with E-state index in [1.807, 2.05) is 35.9 Å². The molecule has 0 spiro atoms. The zero-order chi connectivity index (χ0) is 19.5. The van der Waals surface area contributed by atoms with Crippen LogP contribution in [0.4, 0.5) is 4.39 Å². The maximum Gasteiger partial charge on any atom is 0.273 e. The van der Waals surface area contributed by atoms with E-state index in [2.05, 4.69) is 15.3 Å². The third kappa shape index (κ3) is 3.85. The normalized spacial score (nSPS) is 10.9. The monoisotopic (exact) mass is 380 g/mol. The van der Waals surface area contributed by atoms with Gasteiger partial charge in [0.2, 0.25) is 5.89 Å². The predicted molar refractivity (Wildman–Crippen MR) is 98.3 cm³/mol. The number of ether oxygens (including phenoxy) is 1. The first-order valence-electron chi connectivity index (χ1n) is 8.62. The van der Waals surface area contributed by atoms with Crippen LogP contribution in [0.3, 0.4) is 0 Å². The molecule has 0 aliphatic carbocycles. The number of oxazole rings is 1. The van der Waals surface area contributed by atoms with Crippen molar-refractivity contribution in [3.8, 4) is 5.75 Å². The van der Waals surface area contributed by atoms with E-state index in [-0.39, 0.29) is 36.5 Å². The Morgan fingerprint density at radius 2 is 2.07 bits per heavy atom. The number of fused-ring (bicyclic) bond motifs is 1. The molecular weight excluding hydrogens is 363 g/mol. The Kier molecular flexibility index (Phi) is 4.76. The van der Waals surface area contributed by atoms with Crippen LogP contribution in [0.1, 0.15) is 27.6 Å². The molecule has 0 unspecified atom stereocenters. The number of hydrogen-bond donors (Lipinski definition) is 1. The van der Waals surface area contributed by atoms with Gasteiger partial charge in [0.15, 0.2) is 12.3 Å². The van der Waals surface area contributed by atoms with Crippen LogP contribution < -0.4 is 10.1 Å². The number of nitrogens with zero attached hydrogens (tertiary/aromatic N) is 3. The topological polar surface area (TPSA) is 81.7 Å². The molecule has 0 bridgehead atoms. The SMILES string of the molecule is Cc1cccn2cc(CNC(=O)c3coc(COc4ccc(F)cc4)n3)nc12. The molecule has 1 N–H and O–H groups in total. The first-order valence-corrected chi connectivity index (χ1v) is 8.62. The largest absolute Gasteiger partial charge is 0.484 e. The van der Waals surface area contributed by atoms with Crippen LogP contribution in [-0.2, 0) is 13.2 Å². The quantitative estimate of drug-likeness (QED) is 0.555. The van der Waals surface area contributed by atoms with E-state index in [1.54, 1.807) is 0 Å². The second kappa shape index (κ2) is 7.51. The summed E-state index contributed by atoms with van der Waals surface area (Å²) in [5.41, 5.74) is 2.81. The van der Waals surface area contributed by atoms with Gasteiger partial charge in [0.25, 0.3) is 5.91 Å². The number of aryl methyl sites for hydroxylation is 1. The average Bonchev–Trinajstić information content (AvgIpc) is 3.33. The number of rotatable bonds is 6. The lowest BCUT2D eigenvalue weighted by Crippen LogP contribution is -2.23. The lowest BCUT2D eigenvalue weighted by molar-refractivity contribution is 0.0945. The summed E-state index contributed by atoms with van der Waals surface area (Å²) in [6, 6.07) is 9.52. The Morgan fingerprint density at radius 3 is 2.86 bits per heavy atom. The molecule has 1 aromatic carbocycles. The van der Waals surface area contributed by atoms with E-state index in [1.165, 1.54) is 30.5 Å². The van der Waals surface area contributed by atoms with Gasteiger partial charge in [0.1, 0.15) is 23.5 Å². The molecule has 0 aliphatic rings. The summed E-state index contributed by atoms with van der Waals surface area (Å²) in [6.07, 6.45) is 5.05. The Balaban J connectivity index is 1.34. The van der Waals surface area contributed by atoms with Gasteiger partial charge in [0, 0.05) is 12.4 Å². The lowest BCUT2D eigenvalue weighted by Gasteiger charge is -2.02. The predicted octanol–water partition coefficient (Wildman–Crippen LogP) is 3.28. The minimum absolute atomic E-state index is 0.0324. The van der Waals surface area contributed by atoms with Gasteiger partial charge in [-0.1, -0.05) is 6.07 Å². The standard InChI is InChI=1S/C20H17FN4O3/c1-13-3-2-8-25-10-15(23-19(13)25)9-22-20(26)17-11-28-18(24-17)12-27-16-6-4-14(21)5-7-16/h2-8,10-11H,9,12H2,1H3,(H,22,26). The summed E-state index contributed by atoms with van der Waals surface area (Å²) in [4.78, 5) is 20.9. The summed E-state index contributed by atoms with van der Waals surface area (Å²) in [5.74, 6) is 0.0133. The number of pyridine rings is 1. The van der Waals surface area contributed by atoms with Gasteiger partial charge in [-0.05, 0) is 42.8 Å². The number of benzene rings is 1. The average molecular weight is 380 g/mol. The van der Waals surface area contributed by atoms with Gasteiger partial charge in [-0.25, -0.2) is 14.4 Å². The molecule has 8 heteroatoms. The number of hydrogen-bond acceptors (Lipinski definition) is 5. The Bertz CT molecular complexity index is 1120. The minimum atomic E-state index is -0.370. The van der Waals surface area contributed by atoms with Crippen molar-refractivity contribution in [2.45, 2.75) is 20.1 Å². The second-order valence-electron chi connectivity index (χ2n) is 6.21. The molecule has 3 aromatic heterocycles. The summed E-state index contributed by atoms with van der Waals surface area (Å²) in [7, 11) is 0. The van der Waals surface area contributed by atoms with Crippen LogP contribution >= 0.6 is 0 Å². The van der Waals surface area contributed by atoms with Crippen LogP contribution in [0.25, 0.3) is 5.65 Å². The fourth-order valence-electron chi connectivity index (χ4n) is 2.71. The lowest BCUT2D eigenvalue weighted by atomic mass is 10.3. The molecule has 7 nitrogen and oxygen atoms in total. The second-order valence-corrected chi connectivity index (χ2v) is 6.21. The van der Waals surface area contributed by atoms with E-state index in [4.69, 9.17) is 9.15 Å². The van der Waals surface area contributed by atoms with E-state index >= 15 is 0 Å². The van der Waals surface area contributed by atoms with E-state index < -0.39 is 0 Å². The molecule has 0 saturated carbocycles. The highest BCUT2D eigenvalue weighted by Gasteiger charge is 2.13. The first kappa shape index (κ1) is 17.7. The van der Waals surface area contributed by atoms with Gasteiger partial charge in [-0.2, -0.15) is 0 Å². The fraction of sp³-hybridized carbons (Fsp3) is 0.150. The van der Waals surface area contributed by atoms with E-state index in [9.17, 15) is 9.18 Å². The number of nitrogens with one attached hydrogen (secondary N) is 1. The van der Waals surface area contributed by atoms with Crippen molar-refractivity contribution < 1.29 is 18.3 Å². The van der Waals surface area contributed by atoms with Crippen molar-refractivity contribution >= 4 is 11.6 Å². The van der Waals surface area contributed by atoms with Gasteiger partial charge in [0.05, 0.1) is 12.2 Å². The Morgan fingerprint density at radius 1 is 1.25 bits per heavy atom. The highest BCUT2D eigenvalue weighted by molar-refractivity contribution is 5.91. The zero-order valence-corrected chi connectivity index (χ0v) is 15.1. The van der Waals surface area contributed by atoms with Crippen molar-refractivity contribution in [3.05, 3.63) is 83.7 Å². The number of amides is 1. The maximum absolute atomic E-state index is 12.9. The number of carbonyl (C=O) groups excluding carboxylic acids is 1. The number of halogens is 1. The van der Waals surface area contributed by atoms with Crippen molar-refractivity contribution in [1.82, 2.24) is 19.7 Å². The van der Waals surface area contributed by atoms with Crippen molar-refractivity contribution in [3.63, 3.8) is 0 Å². The number of imidazole rings is 1. The van der Waals surface area contributed by atoms with Gasteiger partial charge < -0.3 is 18.9 Å². The van der Waals surface area contributed by atoms with Crippen molar-refractivity contribution in [2.75, 3.05) is 0 Å². The summed E-state index contributed by atoms with van der Waals surface area (Å²) < 4.78 is 25.5. The molecule has 3 heterocycles. The van der Waals surface area contributed by atoms with Crippen LogP contribution in [0.15, 0.2) is 59.5 Å². The fourth-order valence-corrected chi connectivity index (χ4v) is 2.71. The van der Waals surface area contributed by atoms with Gasteiger partial charge in [-0.15, -0.1) is 0 Å². The molecule has 142 valence electrons. The van der Waals surface area contributed by atoms with Crippen LogP contribution in [0.2, 0.25) is 0 Å². The van der Waals surface area contributed by atoms with Crippen LogP contribution in [0.5, 0.6) is 5.75 Å². The number of carbonyl (C=O) groups is 1. The van der Waals surface area contributed by atoms with E-state index in [0.29, 0.717) is 5.75 Å². The Labute approximate surface area is 159 Å². The van der Waals surface area contributed by atoms with Crippen molar-refractivity contribution in [2.24, 2.45) is 0 Å². The molecule has 28 heavy (non-hydrogen) atoms. The van der Waals surface area contributed by atoms with Gasteiger partial charge >= 0.3 is 0 Å². The molecule has 0 radical (unpaired) electrons. The third-order valence-electron chi connectivity index (χ3n) is 4.12. The first-order chi connectivity index (χ1) is 13.6. The summed E-state index contributed by atoms with van der Waals surface area (Å²) in [5, 5.41) is 2.77. The molecular formula is C20H17FN4O3. The highest BCUT2D eigenvalue weighted by atomic mass is 19.1. The summed E-state index contributed by atoms with van der Waals surface area (Å²) >= 11 is 0. The minimum Gasteiger partial charge on any atom is -0.484 e. The van der Waals surface area contributed by atoms with Crippen LogP contribution in [-0.4, -0.2) is 20.3 Å².